The van der Waals surface area contributed by atoms with Gasteiger partial charge in [-0.1, -0.05) is 91.5 Å². The molecule has 8 rings (SSSR count). The molecule has 0 spiro atoms. The Morgan fingerprint density at radius 2 is 1.46 bits per heavy atom. The SMILES string of the molecule is O=C1C2CC=C3C(CC4C(=O)N(c5cccc(Cl)c5)C(=O)C4(c4ccccc4)C3c3cc(Br)ccc3O)C2C(=O)N1c1ccc(Br)cc1. The molecule has 2 aliphatic heterocycles. The molecule has 7 nitrogen and oxygen atoms in total. The van der Waals surface area contributed by atoms with Gasteiger partial charge in [0.2, 0.25) is 23.6 Å². The predicted molar refractivity (Wildman–Crippen MR) is 189 cm³/mol. The van der Waals surface area contributed by atoms with Gasteiger partial charge in [-0.05, 0) is 85.0 Å². The van der Waals surface area contributed by atoms with E-state index < -0.39 is 46.8 Å². The minimum Gasteiger partial charge on any atom is -0.508 e. The highest BCUT2D eigenvalue weighted by Gasteiger charge is 2.70. The first-order valence-electron chi connectivity index (χ1n) is 15.6. The summed E-state index contributed by atoms with van der Waals surface area (Å²) in [7, 11) is 0. The predicted octanol–water partition coefficient (Wildman–Crippen LogP) is 7.94. The van der Waals surface area contributed by atoms with Crippen molar-refractivity contribution in [2.75, 3.05) is 9.80 Å². The maximum absolute atomic E-state index is 15.3. The van der Waals surface area contributed by atoms with E-state index in [-0.39, 0.29) is 30.4 Å². The van der Waals surface area contributed by atoms with Gasteiger partial charge in [0.05, 0.1) is 34.5 Å². The number of carbonyl (C=O) groups excluding carboxylic acids is 4. The number of carbonyl (C=O) groups is 4. The Balaban J connectivity index is 1.36. The van der Waals surface area contributed by atoms with Crippen LogP contribution in [0.1, 0.15) is 29.9 Å². The third-order valence-corrected chi connectivity index (χ3v) is 11.8. The van der Waals surface area contributed by atoms with Crippen molar-refractivity contribution in [1.82, 2.24) is 0 Å². The Bertz CT molecular complexity index is 2070. The van der Waals surface area contributed by atoms with Gasteiger partial charge in [0.15, 0.2) is 0 Å². The number of phenols is 1. The van der Waals surface area contributed by atoms with E-state index in [1.54, 1.807) is 66.7 Å². The molecule has 4 aromatic carbocycles. The molecule has 10 heteroatoms. The topological polar surface area (TPSA) is 95.0 Å². The first kappa shape index (κ1) is 31.2. The third kappa shape index (κ3) is 4.43. The molecule has 0 bridgehead atoms. The number of benzene rings is 4. The Labute approximate surface area is 298 Å². The standard InChI is InChI=1S/C38H27Br2ClN2O5/c39-21-9-12-24(13-10-21)42-34(45)27-15-14-26-28(32(27)36(42)47)19-30-35(46)43(25-8-4-7-23(41)18-25)37(48)38(30,20-5-2-1-3-6-20)33(26)29-17-22(40)11-16-31(29)44/h1-14,16-18,27-28,30,32-33,44H,15,19H2. The number of fused-ring (bicyclic) bond motifs is 4. The van der Waals surface area contributed by atoms with E-state index >= 15 is 4.79 Å². The van der Waals surface area contributed by atoms with Crippen LogP contribution in [0.2, 0.25) is 5.02 Å². The van der Waals surface area contributed by atoms with Crippen molar-refractivity contribution >= 4 is 78.5 Å². The molecular weight excluding hydrogens is 760 g/mol. The van der Waals surface area contributed by atoms with Gasteiger partial charge in [-0.2, -0.15) is 0 Å². The van der Waals surface area contributed by atoms with E-state index in [1.807, 2.05) is 36.4 Å². The van der Waals surface area contributed by atoms with Gasteiger partial charge in [-0.15, -0.1) is 0 Å². The van der Waals surface area contributed by atoms with E-state index in [0.29, 0.717) is 32.0 Å². The molecule has 240 valence electrons. The molecule has 1 saturated carbocycles. The van der Waals surface area contributed by atoms with Gasteiger partial charge < -0.3 is 5.11 Å². The van der Waals surface area contributed by atoms with Crippen LogP contribution in [0.5, 0.6) is 5.75 Å². The molecule has 4 aliphatic rings. The fourth-order valence-corrected chi connectivity index (χ4v) is 9.52. The Kier molecular flexibility index (Phi) is 7.50. The summed E-state index contributed by atoms with van der Waals surface area (Å²) in [5.41, 5.74) is 1.24. The summed E-state index contributed by atoms with van der Waals surface area (Å²) in [5.74, 6) is -5.12. The van der Waals surface area contributed by atoms with Crippen LogP contribution in [0.3, 0.4) is 0 Å². The van der Waals surface area contributed by atoms with Crippen LogP contribution in [-0.4, -0.2) is 28.7 Å². The van der Waals surface area contributed by atoms with E-state index in [0.717, 1.165) is 10.0 Å². The second-order valence-electron chi connectivity index (χ2n) is 12.8. The van der Waals surface area contributed by atoms with Crippen molar-refractivity contribution in [3.8, 4) is 5.75 Å². The number of allylic oxidation sites excluding steroid dienone is 2. The highest BCUT2D eigenvalue weighted by atomic mass is 79.9. The van der Waals surface area contributed by atoms with Crippen LogP contribution in [-0.2, 0) is 24.6 Å². The van der Waals surface area contributed by atoms with Gasteiger partial charge in [0, 0.05) is 25.4 Å². The second-order valence-corrected chi connectivity index (χ2v) is 15.1. The second kappa shape index (κ2) is 11.5. The Morgan fingerprint density at radius 3 is 2.19 bits per heavy atom. The summed E-state index contributed by atoms with van der Waals surface area (Å²) in [6, 6.07) is 28.0. The molecule has 2 heterocycles. The number of phenolic OH excluding ortho intramolecular Hbond substituents is 1. The monoisotopic (exact) mass is 784 g/mol. The fraction of sp³-hybridized carbons (Fsp3) is 0.211. The van der Waals surface area contributed by atoms with Gasteiger partial charge in [-0.25, -0.2) is 4.90 Å². The lowest BCUT2D eigenvalue weighted by Gasteiger charge is -2.50. The number of rotatable bonds is 4. The molecule has 2 aliphatic carbocycles. The number of amides is 4. The first-order valence-corrected chi connectivity index (χ1v) is 17.6. The lowest BCUT2D eigenvalue weighted by atomic mass is 9.49. The zero-order chi connectivity index (χ0) is 33.5. The molecule has 48 heavy (non-hydrogen) atoms. The van der Waals surface area contributed by atoms with Gasteiger partial charge in [0.1, 0.15) is 5.75 Å². The zero-order valence-electron chi connectivity index (χ0n) is 25.2. The van der Waals surface area contributed by atoms with E-state index in [9.17, 15) is 19.5 Å². The molecule has 0 radical (unpaired) electrons. The highest BCUT2D eigenvalue weighted by Crippen LogP contribution is 2.65. The number of anilines is 2. The number of imide groups is 2. The zero-order valence-corrected chi connectivity index (χ0v) is 29.2. The van der Waals surface area contributed by atoms with Crippen molar-refractivity contribution in [2.24, 2.45) is 23.7 Å². The summed E-state index contributed by atoms with van der Waals surface area (Å²) >= 11 is 13.4. The van der Waals surface area contributed by atoms with Crippen molar-refractivity contribution in [2.45, 2.75) is 24.2 Å². The summed E-state index contributed by atoms with van der Waals surface area (Å²) in [5, 5.41) is 11.9. The fourth-order valence-electron chi connectivity index (χ4n) is 8.69. The summed E-state index contributed by atoms with van der Waals surface area (Å²) in [4.78, 5) is 60.9. The maximum atomic E-state index is 15.3. The Morgan fingerprint density at radius 1 is 0.729 bits per heavy atom. The van der Waals surface area contributed by atoms with Gasteiger partial charge >= 0.3 is 0 Å². The third-order valence-electron chi connectivity index (χ3n) is 10.6. The van der Waals surface area contributed by atoms with Crippen LogP contribution in [0, 0.1) is 23.7 Å². The molecule has 4 amide bonds. The largest absolute Gasteiger partial charge is 0.508 e. The van der Waals surface area contributed by atoms with Crippen LogP contribution < -0.4 is 9.80 Å². The van der Waals surface area contributed by atoms with Crippen molar-refractivity contribution in [3.05, 3.63) is 134 Å². The average molecular weight is 787 g/mol. The van der Waals surface area contributed by atoms with Crippen molar-refractivity contribution < 1.29 is 24.3 Å². The molecule has 6 atom stereocenters. The van der Waals surface area contributed by atoms with Gasteiger partial charge in [0.25, 0.3) is 0 Å². The molecule has 0 aromatic heterocycles. The van der Waals surface area contributed by atoms with Crippen LogP contribution in [0.25, 0.3) is 0 Å². The van der Waals surface area contributed by atoms with Crippen LogP contribution in [0.4, 0.5) is 11.4 Å². The van der Waals surface area contributed by atoms with E-state index in [4.69, 9.17) is 11.6 Å². The number of nitrogens with zero attached hydrogens (tertiary/aromatic N) is 2. The lowest BCUT2D eigenvalue weighted by molar-refractivity contribution is -0.127. The molecule has 6 unspecified atom stereocenters. The molecule has 1 N–H and O–H groups in total. The quantitative estimate of drug-likeness (QED) is 0.168. The summed E-state index contributed by atoms with van der Waals surface area (Å²) in [6.45, 7) is 0. The Hall–Kier alpha value is -4.05. The number of hydrogen-bond acceptors (Lipinski definition) is 5. The van der Waals surface area contributed by atoms with Crippen molar-refractivity contribution in [1.29, 1.82) is 0 Å². The molecule has 2 saturated heterocycles. The minimum atomic E-state index is -1.47. The first-order chi connectivity index (χ1) is 23.1. The van der Waals surface area contributed by atoms with E-state index in [2.05, 4.69) is 31.9 Å². The summed E-state index contributed by atoms with van der Waals surface area (Å²) < 4.78 is 1.50. The number of hydrogen-bond donors (Lipinski definition) is 1. The van der Waals surface area contributed by atoms with Gasteiger partial charge in [-0.3, -0.25) is 24.1 Å². The maximum Gasteiger partial charge on any atom is 0.246 e. The average Bonchev–Trinajstić information content (AvgIpc) is 3.47. The van der Waals surface area contributed by atoms with E-state index in [1.165, 1.54) is 9.80 Å². The van der Waals surface area contributed by atoms with Crippen molar-refractivity contribution in [3.63, 3.8) is 0 Å². The van der Waals surface area contributed by atoms with Crippen LogP contribution >= 0.6 is 43.5 Å². The summed E-state index contributed by atoms with van der Waals surface area (Å²) in [6.07, 6.45) is 2.44. The molecular formula is C38H27Br2ClN2O5. The number of aromatic hydroxyl groups is 1. The normalized spacial score (nSPS) is 27.9. The lowest BCUT2D eigenvalue weighted by Crippen LogP contribution is -2.53. The molecule has 4 aromatic rings. The highest BCUT2D eigenvalue weighted by molar-refractivity contribution is 9.10. The molecule has 3 fully saturated rings. The smallest absolute Gasteiger partial charge is 0.246 e. The minimum absolute atomic E-state index is 0.0345. The van der Waals surface area contributed by atoms with Crippen LogP contribution in [0.15, 0.2) is 118 Å². The number of halogens is 3.